The van der Waals surface area contributed by atoms with Crippen molar-refractivity contribution in [3.63, 3.8) is 0 Å². The molecule has 0 bridgehead atoms. The van der Waals surface area contributed by atoms with Gasteiger partial charge in [0.15, 0.2) is 11.6 Å². The van der Waals surface area contributed by atoms with Crippen LogP contribution < -0.4 is 4.90 Å². The number of carbonyl (C=O) groups is 1. The molecule has 0 fully saturated rings. The van der Waals surface area contributed by atoms with Crippen LogP contribution in [0.25, 0.3) is 0 Å². The van der Waals surface area contributed by atoms with E-state index < -0.39 is 48.0 Å². The van der Waals surface area contributed by atoms with Gasteiger partial charge in [0, 0.05) is 13.6 Å². The molecule has 0 aliphatic rings. The molecule has 0 unspecified atom stereocenters. The smallest absolute Gasteiger partial charge is 0.390 e. The lowest BCUT2D eigenvalue weighted by molar-refractivity contribution is -0.132. The molecule has 106 valence electrons. The molecule has 1 N–H and O–H groups in total. The van der Waals surface area contributed by atoms with Gasteiger partial charge >= 0.3 is 12.1 Å². The normalized spacial score (nSPS) is 11.5. The Morgan fingerprint density at radius 1 is 1.26 bits per heavy atom. The molecule has 1 aromatic rings. The van der Waals surface area contributed by atoms with Crippen molar-refractivity contribution in [2.45, 2.75) is 12.6 Å². The van der Waals surface area contributed by atoms with Gasteiger partial charge in [0.25, 0.3) is 0 Å². The summed E-state index contributed by atoms with van der Waals surface area (Å²) in [6.07, 6.45) is -5.60. The van der Waals surface area contributed by atoms with E-state index in [1.807, 2.05) is 0 Å². The van der Waals surface area contributed by atoms with E-state index in [1.54, 1.807) is 0 Å². The summed E-state index contributed by atoms with van der Waals surface area (Å²) in [6.45, 7) is -0.563. The van der Waals surface area contributed by atoms with Gasteiger partial charge < -0.3 is 10.0 Å². The van der Waals surface area contributed by atoms with Crippen LogP contribution in [-0.4, -0.2) is 30.8 Å². The van der Waals surface area contributed by atoms with E-state index in [0.29, 0.717) is 0 Å². The highest BCUT2D eigenvalue weighted by Gasteiger charge is 2.28. The Morgan fingerprint density at radius 2 is 1.84 bits per heavy atom. The third kappa shape index (κ3) is 3.80. The Balaban J connectivity index is 2.96. The van der Waals surface area contributed by atoms with E-state index in [0.717, 1.165) is 24.1 Å². The molecule has 0 saturated heterocycles. The van der Waals surface area contributed by atoms with E-state index in [4.69, 9.17) is 5.11 Å². The van der Waals surface area contributed by atoms with Gasteiger partial charge in [-0.25, -0.2) is 13.6 Å². The minimum Gasteiger partial charge on any atom is -0.478 e. The molecular weight excluding hydrogens is 273 g/mol. The Kier molecular flexibility index (Phi) is 4.33. The van der Waals surface area contributed by atoms with Crippen LogP contribution in [0.4, 0.5) is 27.6 Å². The zero-order valence-corrected chi connectivity index (χ0v) is 9.76. The molecule has 0 aliphatic carbocycles. The van der Waals surface area contributed by atoms with Gasteiger partial charge in [0.1, 0.15) is 0 Å². The fourth-order valence-corrected chi connectivity index (χ4v) is 1.41. The van der Waals surface area contributed by atoms with Gasteiger partial charge in [0.05, 0.1) is 17.7 Å². The molecule has 1 aromatic carbocycles. The quantitative estimate of drug-likeness (QED) is 0.863. The highest BCUT2D eigenvalue weighted by molar-refractivity contribution is 5.88. The van der Waals surface area contributed by atoms with Gasteiger partial charge in [-0.05, 0) is 12.1 Å². The van der Waals surface area contributed by atoms with Gasteiger partial charge in [0.2, 0.25) is 0 Å². The standard InChI is InChI=1S/C11H10F5NO2/c1-17(5-4-11(14,15)16)7-3-2-6(10(18)19)8(12)9(7)13/h2-3H,4-5H2,1H3,(H,18,19). The lowest BCUT2D eigenvalue weighted by Gasteiger charge is -2.21. The average Bonchev–Trinajstić information content (AvgIpc) is 2.28. The van der Waals surface area contributed by atoms with Crippen molar-refractivity contribution in [2.75, 3.05) is 18.5 Å². The van der Waals surface area contributed by atoms with Crippen LogP contribution in [0.15, 0.2) is 12.1 Å². The largest absolute Gasteiger partial charge is 0.478 e. The fourth-order valence-electron chi connectivity index (χ4n) is 1.41. The highest BCUT2D eigenvalue weighted by atomic mass is 19.4. The van der Waals surface area contributed by atoms with E-state index in [2.05, 4.69) is 0 Å². The Labute approximate surface area is 105 Å². The SMILES string of the molecule is CN(CCC(F)(F)F)c1ccc(C(=O)O)c(F)c1F. The van der Waals surface area contributed by atoms with Crippen molar-refractivity contribution in [2.24, 2.45) is 0 Å². The van der Waals surface area contributed by atoms with Gasteiger partial charge in [-0.1, -0.05) is 0 Å². The number of benzene rings is 1. The molecule has 0 atom stereocenters. The third-order valence-electron chi connectivity index (χ3n) is 2.43. The Bertz CT molecular complexity index is 487. The minimum atomic E-state index is -4.41. The maximum Gasteiger partial charge on any atom is 0.390 e. The maximum absolute atomic E-state index is 13.5. The van der Waals surface area contributed by atoms with Crippen molar-refractivity contribution in [1.82, 2.24) is 0 Å². The summed E-state index contributed by atoms with van der Waals surface area (Å²) < 4.78 is 62.9. The first kappa shape index (κ1) is 15.2. The van der Waals surface area contributed by atoms with Gasteiger partial charge in [-0.3, -0.25) is 0 Å². The summed E-state index contributed by atoms with van der Waals surface area (Å²) >= 11 is 0. The highest BCUT2D eigenvalue weighted by Crippen LogP contribution is 2.26. The summed E-state index contributed by atoms with van der Waals surface area (Å²) in [5.41, 5.74) is -1.29. The molecule has 0 radical (unpaired) electrons. The summed E-state index contributed by atoms with van der Waals surface area (Å²) in [5, 5.41) is 8.56. The molecule has 3 nitrogen and oxygen atoms in total. The van der Waals surface area contributed by atoms with Crippen molar-refractivity contribution in [3.05, 3.63) is 29.3 Å². The summed E-state index contributed by atoms with van der Waals surface area (Å²) in [6, 6.07) is 1.73. The topological polar surface area (TPSA) is 40.5 Å². The summed E-state index contributed by atoms with van der Waals surface area (Å²) in [7, 11) is 1.16. The lowest BCUT2D eigenvalue weighted by atomic mass is 10.1. The molecule has 0 aromatic heterocycles. The van der Waals surface area contributed by atoms with Crippen LogP contribution in [0.3, 0.4) is 0 Å². The number of anilines is 1. The fraction of sp³-hybridized carbons (Fsp3) is 0.364. The molecule has 0 saturated carbocycles. The Morgan fingerprint density at radius 3 is 2.32 bits per heavy atom. The molecular formula is C11H10F5NO2. The molecule has 0 spiro atoms. The van der Waals surface area contributed by atoms with E-state index >= 15 is 0 Å². The first-order valence-electron chi connectivity index (χ1n) is 5.12. The molecule has 1 rings (SSSR count). The average molecular weight is 283 g/mol. The number of hydrogen-bond donors (Lipinski definition) is 1. The van der Waals surface area contributed by atoms with Crippen LogP contribution in [0.5, 0.6) is 0 Å². The Hall–Kier alpha value is -1.86. The monoisotopic (exact) mass is 283 g/mol. The zero-order chi connectivity index (χ0) is 14.8. The number of nitrogens with zero attached hydrogens (tertiary/aromatic N) is 1. The van der Waals surface area contributed by atoms with Crippen molar-refractivity contribution in [3.8, 4) is 0 Å². The van der Waals surface area contributed by atoms with Crippen LogP contribution in [0, 0.1) is 11.6 Å². The number of halogens is 5. The molecule has 0 aliphatic heterocycles. The number of aromatic carboxylic acids is 1. The molecule has 8 heteroatoms. The van der Waals surface area contributed by atoms with E-state index in [9.17, 15) is 26.7 Å². The zero-order valence-electron chi connectivity index (χ0n) is 9.76. The first-order chi connectivity index (χ1) is 8.63. The predicted molar refractivity (Wildman–Crippen MR) is 57.3 cm³/mol. The predicted octanol–water partition coefficient (Wildman–Crippen LogP) is 3.05. The van der Waals surface area contributed by atoms with Crippen LogP contribution >= 0.6 is 0 Å². The molecule has 0 heterocycles. The number of carboxylic acid groups (broad SMARTS) is 1. The summed E-state index contributed by atoms with van der Waals surface area (Å²) in [5.74, 6) is -4.73. The number of hydrogen-bond acceptors (Lipinski definition) is 2. The van der Waals surface area contributed by atoms with E-state index in [-0.39, 0.29) is 0 Å². The van der Waals surface area contributed by atoms with Gasteiger partial charge in [-0.15, -0.1) is 0 Å². The minimum absolute atomic E-state index is 0.424. The van der Waals surface area contributed by atoms with Crippen LogP contribution in [-0.2, 0) is 0 Å². The second-order valence-corrected chi connectivity index (χ2v) is 3.85. The number of carboxylic acids is 1. The van der Waals surface area contributed by atoms with Crippen molar-refractivity contribution < 1.29 is 31.9 Å². The van der Waals surface area contributed by atoms with Crippen LogP contribution in [0.1, 0.15) is 16.8 Å². The number of alkyl halides is 3. The first-order valence-corrected chi connectivity index (χ1v) is 5.12. The third-order valence-corrected chi connectivity index (χ3v) is 2.43. The summed E-state index contributed by atoms with van der Waals surface area (Å²) in [4.78, 5) is 11.4. The second-order valence-electron chi connectivity index (χ2n) is 3.85. The molecule has 19 heavy (non-hydrogen) atoms. The molecule has 0 amide bonds. The van der Waals surface area contributed by atoms with Gasteiger partial charge in [-0.2, -0.15) is 13.2 Å². The lowest BCUT2D eigenvalue weighted by Crippen LogP contribution is -2.25. The van der Waals surface area contributed by atoms with E-state index in [1.165, 1.54) is 0 Å². The number of rotatable bonds is 4. The second kappa shape index (κ2) is 5.41. The van der Waals surface area contributed by atoms with Crippen molar-refractivity contribution >= 4 is 11.7 Å². The van der Waals surface area contributed by atoms with Crippen molar-refractivity contribution in [1.29, 1.82) is 0 Å². The van der Waals surface area contributed by atoms with Crippen LogP contribution in [0.2, 0.25) is 0 Å². The maximum atomic E-state index is 13.5.